The monoisotopic (exact) mass is 403 g/mol. The van der Waals surface area contributed by atoms with Crippen LogP contribution in [0.4, 0.5) is 5.69 Å². The van der Waals surface area contributed by atoms with Crippen molar-refractivity contribution >= 4 is 27.5 Å². The first-order valence-electron chi connectivity index (χ1n) is 7.68. The number of nitrogens with one attached hydrogen (secondary N) is 1. The Kier molecular flexibility index (Phi) is 5.18. The molecule has 0 saturated carbocycles. The molecule has 0 saturated heterocycles. The van der Waals surface area contributed by atoms with Crippen LogP contribution in [-0.2, 0) is 17.9 Å². The average molecular weight is 404 g/mol. The van der Waals surface area contributed by atoms with Gasteiger partial charge in [-0.05, 0) is 40.5 Å². The van der Waals surface area contributed by atoms with Gasteiger partial charge in [-0.2, -0.15) is 10.2 Å². The Balaban J connectivity index is 1.60. The summed E-state index contributed by atoms with van der Waals surface area (Å²) in [6, 6.07) is 7.79. The summed E-state index contributed by atoms with van der Waals surface area (Å²) in [5.41, 5.74) is 2.56. The van der Waals surface area contributed by atoms with Gasteiger partial charge in [-0.25, -0.2) is 0 Å². The molecule has 0 aliphatic rings. The number of ether oxygens (including phenoxy) is 1. The number of hydrogen-bond acceptors (Lipinski definition) is 4. The number of hydrogen-bond donors (Lipinski definition) is 1. The van der Waals surface area contributed by atoms with Gasteiger partial charge in [0.2, 0.25) is 5.91 Å². The third-order valence-electron chi connectivity index (χ3n) is 3.59. The number of aromatic nitrogens is 4. The Labute approximate surface area is 153 Å². The second-order valence-corrected chi connectivity index (χ2v) is 6.44. The van der Waals surface area contributed by atoms with Gasteiger partial charge in [-0.15, -0.1) is 0 Å². The summed E-state index contributed by atoms with van der Waals surface area (Å²) < 4.78 is 9.46. The highest BCUT2D eigenvalue weighted by molar-refractivity contribution is 9.10. The molecule has 3 rings (SSSR count). The number of benzene rings is 1. The molecular weight excluding hydrogens is 386 g/mol. The highest BCUT2D eigenvalue weighted by atomic mass is 79.9. The van der Waals surface area contributed by atoms with E-state index in [1.54, 1.807) is 35.1 Å². The molecule has 0 radical (unpaired) electrons. The molecule has 1 amide bonds. The van der Waals surface area contributed by atoms with E-state index in [1.807, 2.05) is 31.2 Å². The van der Waals surface area contributed by atoms with Crippen LogP contribution in [0.25, 0.3) is 0 Å². The molecule has 0 atom stereocenters. The molecule has 0 spiro atoms. The Morgan fingerprint density at radius 3 is 2.88 bits per heavy atom. The number of nitrogens with zero attached hydrogens (tertiary/aromatic N) is 4. The van der Waals surface area contributed by atoms with Gasteiger partial charge in [0.25, 0.3) is 0 Å². The minimum absolute atomic E-state index is 0.146. The quantitative estimate of drug-likeness (QED) is 0.686. The van der Waals surface area contributed by atoms with Gasteiger partial charge in [0, 0.05) is 12.4 Å². The lowest BCUT2D eigenvalue weighted by atomic mass is 10.2. The van der Waals surface area contributed by atoms with Gasteiger partial charge in [0.15, 0.2) is 0 Å². The summed E-state index contributed by atoms with van der Waals surface area (Å²) in [6.45, 7) is 2.62. The smallest absolute Gasteiger partial charge is 0.246 e. The summed E-state index contributed by atoms with van der Waals surface area (Å²) in [4.78, 5) is 12.1. The molecule has 1 N–H and O–H groups in total. The van der Waals surface area contributed by atoms with Crippen molar-refractivity contribution in [3.05, 3.63) is 58.6 Å². The van der Waals surface area contributed by atoms with Gasteiger partial charge in [0.05, 0.1) is 35.7 Å². The summed E-state index contributed by atoms with van der Waals surface area (Å²) in [5.74, 6) is 0.648. The number of carbonyl (C=O) groups is 1. The normalized spacial score (nSPS) is 10.7. The largest absolute Gasteiger partial charge is 0.497 e. The van der Waals surface area contributed by atoms with Crippen LogP contribution in [0.15, 0.2) is 47.3 Å². The molecule has 0 unspecified atom stereocenters. The zero-order valence-electron chi connectivity index (χ0n) is 13.9. The SMILES string of the molecule is COc1cccc(Cn2cc(NC(=O)Cn3cc(Br)c(C)n3)cn2)c1. The molecule has 0 bridgehead atoms. The molecule has 3 aromatic rings. The van der Waals surface area contributed by atoms with Gasteiger partial charge in [-0.1, -0.05) is 12.1 Å². The maximum absolute atomic E-state index is 12.1. The zero-order chi connectivity index (χ0) is 17.8. The van der Waals surface area contributed by atoms with E-state index in [-0.39, 0.29) is 12.5 Å². The van der Waals surface area contributed by atoms with E-state index >= 15 is 0 Å². The maximum Gasteiger partial charge on any atom is 0.246 e. The zero-order valence-corrected chi connectivity index (χ0v) is 15.5. The molecule has 2 aromatic heterocycles. The third kappa shape index (κ3) is 4.48. The van der Waals surface area contributed by atoms with E-state index in [1.165, 1.54) is 0 Å². The molecule has 25 heavy (non-hydrogen) atoms. The Bertz CT molecular complexity index is 867. The molecule has 1 aromatic carbocycles. The molecule has 2 heterocycles. The van der Waals surface area contributed by atoms with Crippen molar-refractivity contribution < 1.29 is 9.53 Å². The van der Waals surface area contributed by atoms with E-state index in [9.17, 15) is 4.79 Å². The van der Waals surface area contributed by atoms with Crippen molar-refractivity contribution in [2.45, 2.75) is 20.0 Å². The molecule has 8 heteroatoms. The highest BCUT2D eigenvalue weighted by Crippen LogP contribution is 2.15. The second kappa shape index (κ2) is 7.52. The predicted molar refractivity (Wildman–Crippen MR) is 97.6 cm³/mol. The van der Waals surface area contributed by atoms with Crippen molar-refractivity contribution in [2.24, 2.45) is 0 Å². The lowest BCUT2D eigenvalue weighted by Gasteiger charge is -2.05. The standard InChI is InChI=1S/C17H18BrN5O2/c1-12-16(18)10-23(21-12)11-17(24)20-14-7-19-22(9-14)8-13-4-3-5-15(6-13)25-2/h3-7,9-10H,8,11H2,1-2H3,(H,20,24). The summed E-state index contributed by atoms with van der Waals surface area (Å²) in [7, 11) is 1.64. The summed E-state index contributed by atoms with van der Waals surface area (Å²) >= 11 is 3.38. The Morgan fingerprint density at radius 2 is 2.16 bits per heavy atom. The number of rotatable bonds is 6. The maximum atomic E-state index is 12.1. The Morgan fingerprint density at radius 1 is 1.32 bits per heavy atom. The van der Waals surface area contributed by atoms with E-state index < -0.39 is 0 Å². The van der Waals surface area contributed by atoms with Crippen molar-refractivity contribution in [2.75, 3.05) is 12.4 Å². The van der Waals surface area contributed by atoms with E-state index in [0.29, 0.717) is 12.2 Å². The van der Waals surface area contributed by atoms with Crippen LogP contribution in [0.2, 0.25) is 0 Å². The summed E-state index contributed by atoms with van der Waals surface area (Å²) in [6.07, 6.45) is 5.20. The van der Waals surface area contributed by atoms with Crippen LogP contribution in [0, 0.1) is 6.92 Å². The molecule has 0 fully saturated rings. The lowest BCUT2D eigenvalue weighted by molar-refractivity contribution is -0.116. The number of amides is 1. The first kappa shape index (κ1) is 17.2. The van der Waals surface area contributed by atoms with Crippen molar-refractivity contribution in [1.29, 1.82) is 0 Å². The van der Waals surface area contributed by atoms with Crippen molar-refractivity contribution in [3.8, 4) is 5.75 Å². The number of halogens is 1. The molecule has 0 aliphatic heterocycles. The number of anilines is 1. The molecule has 130 valence electrons. The van der Waals surface area contributed by atoms with E-state index in [2.05, 4.69) is 31.4 Å². The minimum Gasteiger partial charge on any atom is -0.497 e. The lowest BCUT2D eigenvalue weighted by Crippen LogP contribution is -2.18. The Hall–Kier alpha value is -2.61. The van der Waals surface area contributed by atoms with Crippen LogP contribution in [0.5, 0.6) is 5.75 Å². The van der Waals surface area contributed by atoms with Crippen molar-refractivity contribution in [1.82, 2.24) is 19.6 Å². The molecule has 0 aliphatic carbocycles. The van der Waals surface area contributed by atoms with Crippen molar-refractivity contribution in [3.63, 3.8) is 0 Å². The van der Waals surface area contributed by atoms with E-state index in [4.69, 9.17) is 4.74 Å². The van der Waals surface area contributed by atoms with E-state index in [0.717, 1.165) is 21.5 Å². The first-order chi connectivity index (χ1) is 12.0. The fourth-order valence-electron chi connectivity index (χ4n) is 2.39. The van der Waals surface area contributed by atoms with Crippen LogP contribution < -0.4 is 10.1 Å². The minimum atomic E-state index is -0.157. The van der Waals surface area contributed by atoms with Crippen LogP contribution in [0.3, 0.4) is 0 Å². The number of aryl methyl sites for hydroxylation is 1. The van der Waals surface area contributed by atoms with Gasteiger partial charge >= 0.3 is 0 Å². The molecule has 7 nitrogen and oxygen atoms in total. The van der Waals surface area contributed by atoms with Gasteiger partial charge in [-0.3, -0.25) is 14.2 Å². The fourth-order valence-corrected chi connectivity index (χ4v) is 2.71. The average Bonchev–Trinajstić information content (AvgIpc) is 3.13. The topological polar surface area (TPSA) is 74.0 Å². The van der Waals surface area contributed by atoms with Crippen LogP contribution >= 0.6 is 15.9 Å². The molecular formula is C17H18BrN5O2. The third-order valence-corrected chi connectivity index (χ3v) is 4.37. The summed E-state index contributed by atoms with van der Waals surface area (Å²) in [5, 5.41) is 11.3. The van der Waals surface area contributed by atoms with Crippen LogP contribution in [-0.4, -0.2) is 32.6 Å². The first-order valence-corrected chi connectivity index (χ1v) is 8.47. The second-order valence-electron chi connectivity index (χ2n) is 5.59. The van der Waals surface area contributed by atoms with Gasteiger partial charge < -0.3 is 10.1 Å². The van der Waals surface area contributed by atoms with Crippen LogP contribution in [0.1, 0.15) is 11.3 Å². The number of carbonyl (C=O) groups excluding carboxylic acids is 1. The number of methoxy groups -OCH3 is 1. The fraction of sp³-hybridized carbons (Fsp3) is 0.235. The van der Waals surface area contributed by atoms with Gasteiger partial charge in [0.1, 0.15) is 12.3 Å². The predicted octanol–water partition coefficient (Wildman–Crippen LogP) is 2.85. The highest BCUT2D eigenvalue weighted by Gasteiger charge is 2.08.